The van der Waals surface area contributed by atoms with Gasteiger partial charge in [0.05, 0.1) is 25.4 Å². The highest BCUT2D eigenvalue weighted by Gasteiger charge is 2.34. The second kappa shape index (κ2) is 9.62. The first-order valence-electron chi connectivity index (χ1n) is 11.1. The number of likely N-dealkylation sites (N-methyl/N-ethyl adjacent to an activating group) is 1. The molecular weight excluding hydrogens is 388 g/mol. The lowest BCUT2D eigenvalue weighted by Crippen LogP contribution is -2.49. The van der Waals surface area contributed by atoms with Gasteiger partial charge < -0.3 is 9.64 Å². The minimum atomic E-state index is -0.116. The van der Waals surface area contributed by atoms with Crippen molar-refractivity contribution in [1.29, 1.82) is 0 Å². The summed E-state index contributed by atoms with van der Waals surface area (Å²) in [5.41, 5.74) is 4.28. The summed E-state index contributed by atoms with van der Waals surface area (Å²) in [4.78, 5) is 18.0. The van der Waals surface area contributed by atoms with Crippen molar-refractivity contribution in [3.05, 3.63) is 65.2 Å². The number of amides is 1. The zero-order valence-electron chi connectivity index (χ0n) is 18.8. The van der Waals surface area contributed by atoms with Crippen molar-refractivity contribution in [3.8, 4) is 5.75 Å². The number of hydrogen-bond acceptors (Lipinski definition) is 5. The van der Waals surface area contributed by atoms with Crippen molar-refractivity contribution in [1.82, 2.24) is 14.8 Å². The number of ether oxygens (including phenoxy) is 1. The fourth-order valence-electron chi connectivity index (χ4n) is 4.38. The number of nitrogens with zero attached hydrogens (tertiary/aromatic N) is 4. The van der Waals surface area contributed by atoms with E-state index in [1.807, 2.05) is 24.3 Å². The lowest BCUT2D eigenvalue weighted by molar-refractivity contribution is -0.134. The fraction of sp³-hybridized carbons (Fsp3) is 0.440. The number of hydrogen-bond donors (Lipinski definition) is 0. The zero-order valence-corrected chi connectivity index (χ0v) is 18.8. The molecule has 0 bridgehead atoms. The van der Waals surface area contributed by atoms with Crippen LogP contribution in [-0.4, -0.2) is 72.8 Å². The lowest BCUT2D eigenvalue weighted by Gasteiger charge is -2.34. The Kier molecular flexibility index (Phi) is 6.68. The SMILES string of the molecule is CCN1CCN(CC(=O)N2N=C(c3cccc(C)c3)C[C@@H]2c2cccc(OC)c2)CC1. The van der Waals surface area contributed by atoms with Gasteiger partial charge in [-0.1, -0.05) is 48.9 Å². The van der Waals surface area contributed by atoms with Crippen LogP contribution in [0.3, 0.4) is 0 Å². The average molecular weight is 421 g/mol. The highest BCUT2D eigenvalue weighted by molar-refractivity contribution is 6.03. The Balaban J connectivity index is 1.57. The van der Waals surface area contributed by atoms with Gasteiger partial charge in [-0.15, -0.1) is 0 Å². The summed E-state index contributed by atoms with van der Waals surface area (Å²) in [6.45, 7) is 9.61. The Morgan fingerprint density at radius 1 is 1.06 bits per heavy atom. The first kappa shape index (κ1) is 21.5. The fourth-order valence-corrected chi connectivity index (χ4v) is 4.38. The maximum atomic E-state index is 13.4. The molecule has 1 fully saturated rings. The molecule has 0 aromatic heterocycles. The zero-order chi connectivity index (χ0) is 21.8. The molecule has 1 amide bonds. The van der Waals surface area contributed by atoms with Gasteiger partial charge in [-0.05, 0) is 36.7 Å². The van der Waals surface area contributed by atoms with Gasteiger partial charge in [-0.2, -0.15) is 5.10 Å². The molecule has 0 spiro atoms. The minimum Gasteiger partial charge on any atom is -0.497 e. The molecule has 6 heteroatoms. The Hall–Kier alpha value is -2.70. The predicted molar refractivity (Wildman–Crippen MR) is 123 cm³/mol. The molecule has 4 rings (SSSR count). The van der Waals surface area contributed by atoms with E-state index in [4.69, 9.17) is 9.84 Å². The molecule has 1 atom stereocenters. The largest absolute Gasteiger partial charge is 0.497 e. The topological polar surface area (TPSA) is 48.4 Å². The number of rotatable bonds is 6. The molecule has 0 aliphatic carbocycles. The molecule has 0 unspecified atom stereocenters. The highest BCUT2D eigenvalue weighted by atomic mass is 16.5. The first-order chi connectivity index (χ1) is 15.1. The van der Waals surface area contributed by atoms with Crippen molar-refractivity contribution < 1.29 is 9.53 Å². The predicted octanol–water partition coefficient (Wildman–Crippen LogP) is 3.32. The van der Waals surface area contributed by atoms with Gasteiger partial charge in [0.15, 0.2) is 0 Å². The maximum absolute atomic E-state index is 13.4. The Bertz CT molecular complexity index is 950. The molecule has 6 nitrogen and oxygen atoms in total. The van der Waals surface area contributed by atoms with Gasteiger partial charge in [0, 0.05) is 32.6 Å². The van der Waals surface area contributed by atoms with Crippen molar-refractivity contribution in [2.24, 2.45) is 5.10 Å². The molecule has 164 valence electrons. The van der Waals surface area contributed by atoms with Crippen LogP contribution in [0.15, 0.2) is 53.6 Å². The minimum absolute atomic E-state index is 0.0559. The van der Waals surface area contributed by atoms with Crippen molar-refractivity contribution >= 4 is 11.6 Å². The molecule has 2 aromatic rings. The van der Waals surface area contributed by atoms with Crippen LogP contribution in [0.2, 0.25) is 0 Å². The van der Waals surface area contributed by atoms with Crippen LogP contribution >= 0.6 is 0 Å². The summed E-state index contributed by atoms with van der Waals surface area (Å²) < 4.78 is 5.43. The van der Waals surface area contributed by atoms with E-state index in [0.717, 1.165) is 55.3 Å². The summed E-state index contributed by atoms with van der Waals surface area (Å²) in [6.07, 6.45) is 0.700. The quantitative estimate of drug-likeness (QED) is 0.719. The summed E-state index contributed by atoms with van der Waals surface area (Å²) in [6, 6.07) is 16.2. The van der Waals surface area contributed by atoms with E-state index in [2.05, 4.69) is 47.9 Å². The van der Waals surface area contributed by atoms with E-state index in [0.29, 0.717) is 13.0 Å². The molecule has 2 aliphatic heterocycles. The van der Waals surface area contributed by atoms with Crippen molar-refractivity contribution in [3.63, 3.8) is 0 Å². The number of benzene rings is 2. The third-order valence-electron chi connectivity index (χ3n) is 6.27. The molecule has 1 saturated heterocycles. The third-order valence-corrected chi connectivity index (χ3v) is 6.27. The van der Waals surface area contributed by atoms with E-state index in [1.165, 1.54) is 5.56 Å². The molecular formula is C25H32N4O2. The second-order valence-corrected chi connectivity index (χ2v) is 8.36. The molecule has 2 aromatic carbocycles. The second-order valence-electron chi connectivity index (χ2n) is 8.36. The van der Waals surface area contributed by atoms with Crippen LogP contribution in [0.4, 0.5) is 0 Å². The number of aryl methyl sites for hydroxylation is 1. The Morgan fingerprint density at radius 3 is 2.52 bits per heavy atom. The number of methoxy groups -OCH3 is 1. The Labute approximate surface area is 185 Å². The number of piperazine rings is 1. The van der Waals surface area contributed by atoms with Crippen molar-refractivity contribution in [2.45, 2.75) is 26.3 Å². The molecule has 2 aliphatic rings. The van der Waals surface area contributed by atoms with Crippen LogP contribution in [-0.2, 0) is 4.79 Å². The third kappa shape index (κ3) is 4.97. The van der Waals surface area contributed by atoms with Gasteiger partial charge >= 0.3 is 0 Å². The normalized spacial score (nSPS) is 20.0. The van der Waals surface area contributed by atoms with E-state index in [9.17, 15) is 4.79 Å². The molecule has 0 saturated carbocycles. The van der Waals surface area contributed by atoms with E-state index >= 15 is 0 Å². The summed E-state index contributed by atoms with van der Waals surface area (Å²) in [7, 11) is 1.67. The first-order valence-corrected chi connectivity index (χ1v) is 11.1. The van der Waals surface area contributed by atoms with Gasteiger partial charge in [-0.3, -0.25) is 9.69 Å². The summed E-state index contributed by atoms with van der Waals surface area (Å²) in [5, 5.41) is 6.54. The van der Waals surface area contributed by atoms with Crippen LogP contribution < -0.4 is 4.74 Å². The van der Waals surface area contributed by atoms with Gasteiger partial charge in [0.2, 0.25) is 0 Å². The standard InChI is InChI=1S/C25H32N4O2/c1-4-27-11-13-28(14-12-27)18-25(30)29-24(21-9-6-10-22(16-21)31-3)17-23(26-29)20-8-5-7-19(2)15-20/h5-10,15-16,24H,4,11-14,17-18H2,1-3H3/t24-/m1/s1. The van der Waals surface area contributed by atoms with Gasteiger partial charge in [0.25, 0.3) is 5.91 Å². The van der Waals surface area contributed by atoms with E-state index < -0.39 is 0 Å². The highest BCUT2D eigenvalue weighted by Crippen LogP contribution is 2.34. The number of carbonyl (C=O) groups is 1. The van der Waals surface area contributed by atoms with E-state index in [-0.39, 0.29) is 11.9 Å². The summed E-state index contributed by atoms with van der Waals surface area (Å²) in [5.74, 6) is 0.852. The van der Waals surface area contributed by atoms with Crippen LogP contribution in [0.25, 0.3) is 0 Å². The monoisotopic (exact) mass is 420 g/mol. The van der Waals surface area contributed by atoms with Crippen molar-refractivity contribution in [2.75, 3.05) is 46.4 Å². The summed E-state index contributed by atoms with van der Waals surface area (Å²) >= 11 is 0. The molecule has 0 radical (unpaired) electrons. The number of hydrazone groups is 1. The lowest BCUT2D eigenvalue weighted by atomic mass is 9.97. The molecule has 31 heavy (non-hydrogen) atoms. The number of carbonyl (C=O) groups excluding carboxylic acids is 1. The molecule has 0 N–H and O–H groups in total. The smallest absolute Gasteiger partial charge is 0.257 e. The van der Waals surface area contributed by atoms with Crippen LogP contribution in [0.1, 0.15) is 36.1 Å². The van der Waals surface area contributed by atoms with Gasteiger partial charge in [0.1, 0.15) is 5.75 Å². The Morgan fingerprint density at radius 2 is 1.81 bits per heavy atom. The van der Waals surface area contributed by atoms with Crippen LogP contribution in [0, 0.1) is 6.92 Å². The van der Waals surface area contributed by atoms with Gasteiger partial charge in [-0.25, -0.2) is 5.01 Å². The average Bonchev–Trinajstić information content (AvgIpc) is 3.25. The van der Waals surface area contributed by atoms with Crippen LogP contribution in [0.5, 0.6) is 5.75 Å². The van der Waals surface area contributed by atoms with E-state index in [1.54, 1.807) is 12.1 Å². The maximum Gasteiger partial charge on any atom is 0.257 e. The molecule has 2 heterocycles.